The van der Waals surface area contributed by atoms with Crippen LogP contribution in [0.1, 0.15) is 27.6 Å². The molecule has 1 aromatic carbocycles. The minimum absolute atomic E-state index is 0.161. The number of carbonyl (C=O) groups is 1. The maximum Gasteiger partial charge on any atom is 0.341 e. The van der Waals surface area contributed by atoms with Crippen molar-refractivity contribution in [3.63, 3.8) is 0 Å². The molecule has 0 aliphatic rings. The lowest BCUT2D eigenvalue weighted by Gasteiger charge is -2.12. The van der Waals surface area contributed by atoms with Crippen molar-refractivity contribution < 1.29 is 18.4 Å². The summed E-state index contributed by atoms with van der Waals surface area (Å²) < 4.78 is 18.3. The summed E-state index contributed by atoms with van der Waals surface area (Å²) >= 11 is 4.76. The summed E-state index contributed by atoms with van der Waals surface area (Å²) in [5, 5.41) is 1.04. The number of hydrogen-bond acceptors (Lipinski definition) is 7. The number of thioether (sulfide) groups is 1. The molecule has 0 atom stereocenters. The molecule has 3 heterocycles. The van der Waals surface area contributed by atoms with Crippen molar-refractivity contribution >= 4 is 44.6 Å². The van der Waals surface area contributed by atoms with Crippen molar-refractivity contribution in [3.05, 3.63) is 80.3 Å². The number of nitrogens with zero attached hydrogens (tertiary/aromatic N) is 2. The van der Waals surface area contributed by atoms with Gasteiger partial charge in [0.1, 0.15) is 22.8 Å². The zero-order valence-electron chi connectivity index (χ0n) is 16.2. The third kappa shape index (κ3) is 4.08. The molecule has 0 saturated carbocycles. The highest BCUT2D eigenvalue weighted by atomic mass is 79.9. The van der Waals surface area contributed by atoms with Crippen molar-refractivity contribution in [1.82, 2.24) is 9.55 Å². The van der Waals surface area contributed by atoms with Crippen LogP contribution in [0.25, 0.3) is 10.9 Å². The lowest BCUT2D eigenvalue weighted by Crippen LogP contribution is -2.23. The largest absolute Gasteiger partial charge is 0.467 e. The predicted molar refractivity (Wildman–Crippen MR) is 116 cm³/mol. The molecule has 0 unspecified atom stereocenters. The van der Waals surface area contributed by atoms with Crippen molar-refractivity contribution in [2.24, 2.45) is 0 Å². The minimum Gasteiger partial charge on any atom is -0.467 e. The quantitative estimate of drug-likeness (QED) is 0.219. The van der Waals surface area contributed by atoms with E-state index in [1.807, 2.05) is 12.1 Å². The average molecular weight is 489 g/mol. The summed E-state index contributed by atoms with van der Waals surface area (Å²) in [6.45, 7) is 1.97. The molecule has 0 N–H and O–H groups in total. The fourth-order valence-electron chi connectivity index (χ4n) is 3.04. The first kappa shape index (κ1) is 20.5. The molecular formula is C21H17BrN2O5S. The maximum absolute atomic E-state index is 13.2. The Bertz CT molecular complexity index is 1280. The van der Waals surface area contributed by atoms with E-state index >= 15 is 0 Å². The SMILES string of the molecule is COC(=O)c1cc(CSc2nc3ccc(Br)cc3c(=O)n2Cc2ccco2)oc1C. The number of methoxy groups -OCH3 is 1. The summed E-state index contributed by atoms with van der Waals surface area (Å²) in [7, 11) is 1.33. The van der Waals surface area contributed by atoms with Gasteiger partial charge >= 0.3 is 5.97 Å². The van der Waals surface area contributed by atoms with Crippen LogP contribution in [-0.2, 0) is 17.0 Å². The zero-order valence-corrected chi connectivity index (χ0v) is 18.6. The number of furan rings is 2. The number of carbonyl (C=O) groups excluding carboxylic acids is 1. The molecule has 0 spiro atoms. The Morgan fingerprint density at radius 2 is 2.10 bits per heavy atom. The number of aryl methyl sites for hydroxylation is 1. The predicted octanol–water partition coefficient (Wildman–Crippen LogP) is 4.78. The van der Waals surface area contributed by atoms with Crippen molar-refractivity contribution in [2.75, 3.05) is 7.11 Å². The Hall–Kier alpha value is -2.78. The zero-order chi connectivity index (χ0) is 21.3. The number of ether oxygens (including phenoxy) is 1. The normalized spacial score (nSPS) is 11.2. The number of fused-ring (bicyclic) bond motifs is 1. The van der Waals surface area contributed by atoms with Gasteiger partial charge in [-0.1, -0.05) is 27.7 Å². The molecule has 9 heteroatoms. The van der Waals surface area contributed by atoms with E-state index in [9.17, 15) is 9.59 Å². The van der Waals surface area contributed by atoms with Crippen LogP contribution in [0.5, 0.6) is 0 Å². The van der Waals surface area contributed by atoms with E-state index in [4.69, 9.17) is 13.6 Å². The molecule has 0 aliphatic carbocycles. The van der Waals surface area contributed by atoms with Crippen LogP contribution in [0.4, 0.5) is 0 Å². The molecule has 4 aromatic rings. The van der Waals surface area contributed by atoms with E-state index in [0.29, 0.717) is 44.7 Å². The number of halogens is 1. The third-order valence-electron chi connectivity index (χ3n) is 4.49. The van der Waals surface area contributed by atoms with Crippen molar-refractivity contribution in [2.45, 2.75) is 24.4 Å². The number of aromatic nitrogens is 2. The third-order valence-corrected chi connectivity index (χ3v) is 5.98. The number of benzene rings is 1. The molecule has 0 radical (unpaired) electrons. The molecule has 4 rings (SSSR count). The summed E-state index contributed by atoms with van der Waals surface area (Å²) in [5.74, 6) is 1.67. The molecular weight excluding hydrogens is 472 g/mol. The lowest BCUT2D eigenvalue weighted by molar-refractivity contribution is 0.0599. The van der Waals surface area contributed by atoms with Gasteiger partial charge in [-0.3, -0.25) is 9.36 Å². The van der Waals surface area contributed by atoms with Gasteiger partial charge < -0.3 is 13.6 Å². The van der Waals surface area contributed by atoms with Gasteiger partial charge in [0.2, 0.25) is 0 Å². The van der Waals surface area contributed by atoms with Gasteiger partial charge in [0.25, 0.3) is 5.56 Å². The molecule has 7 nitrogen and oxygen atoms in total. The van der Waals surface area contributed by atoms with Gasteiger partial charge in [-0.15, -0.1) is 0 Å². The standard InChI is InChI=1S/C21H17BrN2O5S/c1-12-16(20(26)27-2)9-15(29-12)11-30-21-23-18-6-5-13(22)8-17(18)19(25)24(21)10-14-4-3-7-28-14/h3-9H,10-11H2,1-2H3. The fourth-order valence-corrected chi connectivity index (χ4v) is 4.28. The molecule has 154 valence electrons. The van der Waals surface area contributed by atoms with Crippen LogP contribution in [0.3, 0.4) is 0 Å². The van der Waals surface area contributed by atoms with Gasteiger partial charge in [-0.05, 0) is 43.3 Å². The van der Waals surface area contributed by atoms with E-state index in [2.05, 4.69) is 20.9 Å². The highest BCUT2D eigenvalue weighted by molar-refractivity contribution is 9.10. The minimum atomic E-state index is -0.448. The number of esters is 1. The molecule has 0 aliphatic heterocycles. The highest BCUT2D eigenvalue weighted by Gasteiger charge is 2.18. The second-order valence-electron chi connectivity index (χ2n) is 6.49. The van der Waals surface area contributed by atoms with Crippen LogP contribution in [0.2, 0.25) is 0 Å². The monoisotopic (exact) mass is 488 g/mol. The molecule has 0 saturated heterocycles. The van der Waals surface area contributed by atoms with Gasteiger partial charge in [0.15, 0.2) is 5.16 Å². The Morgan fingerprint density at radius 1 is 1.27 bits per heavy atom. The van der Waals surface area contributed by atoms with Gasteiger partial charge in [-0.2, -0.15) is 0 Å². The summed E-state index contributed by atoms with van der Waals surface area (Å²) in [6, 6.07) is 10.6. The molecule has 0 amide bonds. The summed E-state index contributed by atoms with van der Waals surface area (Å²) in [5.41, 5.74) is 0.829. The second-order valence-corrected chi connectivity index (χ2v) is 8.35. The Kier molecular flexibility index (Phi) is 5.83. The van der Waals surface area contributed by atoms with E-state index in [1.165, 1.54) is 18.9 Å². The van der Waals surface area contributed by atoms with Crippen LogP contribution in [-0.4, -0.2) is 22.6 Å². The molecule has 0 bridgehead atoms. The molecule has 0 fully saturated rings. The van der Waals surface area contributed by atoms with E-state index in [1.54, 1.807) is 42.0 Å². The smallest absolute Gasteiger partial charge is 0.341 e. The van der Waals surface area contributed by atoms with Crippen molar-refractivity contribution in [3.8, 4) is 0 Å². The first-order valence-electron chi connectivity index (χ1n) is 8.99. The Labute approximate surface area is 184 Å². The average Bonchev–Trinajstić information content (AvgIpc) is 3.38. The van der Waals surface area contributed by atoms with Gasteiger partial charge in [0.05, 0.1) is 36.6 Å². The molecule has 3 aromatic heterocycles. The van der Waals surface area contributed by atoms with Crippen LogP contribution < -0.4 is 5.56 Å². The molecule has 30 heavy (non-hydrogen) atoms. The van der Waals surface area contributed by atoms with Crippen LogP contribution in [0, 0.1) is 6.92 Å². The van der Waals surface area contributed by atoms with Crippen LogP contribution >= 0.6 is 27.7 Å². The first-order chi connectivity index (χ1) is 14.5. The van der Waals surface area contributed by atoms with Crippen molar-refractivity contribution in [1.29, 1.82) is 0 Å². The Balaban J connectivity index is 1.71. The maximum atomic E-state index is 13.2. The lowest BCUT2D eigenvalue weighted by atomic mass is 10.2. The van der Waals surface area contributed by atoms with Crippen LogP contribution in [0.15, 0.2) is 65.9 Å². The number of hydrogen-bond donors (Lipinski definition) is 0. The van der Waals surface area contributed by atoms with E-state index in [0.717, 1.165) is 4.47 Å². The van der Waals surface area contributed by atoms with E-state index < -0.39 is 5.97 Å². The van der Waals surface area contributed by atoms with Gasteiger partial charge in [-0.25, -0.2) is 9.78 Å². The van der Waals surface area contributed by atoms with Gasteiger partial charge in [0, 0.05) is 4.47 Å². The number of rotatable bonds is 6. The summed E-state index contributed by atoms with van der Waals surface area (Å²) in [4.78, 5) is 29.7. The Morgan fingerprint density at radius 3 is 2.83 bits per heavy atom. The first-order valence-corrected chi connectivity index (χ1v) is 10.8. The highest BCUT2D eigenvalue weighted by Crippen LogP contribution is 2.26. The summed E-state index contributed by atoms with van der Waals surface area (Å²) in [6.07, 6.45) is 1.57. The fraction of sp³-hybridized carbons (Fsp3) is 0.190. The topological polar surface area (TPSA) is 87.5 Å². The van der Waals surface area contributed by atoms with E-state index in [-0.39, 0.29) is 12.1 Å². The second kappa shape index (κ2) is 8.53.